The van der Waals surface area contributed by atoms with Crippen LogP contribution in [0.2, 0.25) is 0 Å². The van der Waals surface area contributed by atoms with Crippen LogP contribution in [-0.2, 0) is 9.53 Å². The molecule has 2 saturated carbocycles. The second-order valence-corrected chi connectivity index (χ2v) is 11.9. The molecule has 0 aromatic heterocycles. The predicted molar refractivity (Wildman–Crippen MR) is 166 cm³/mol. The molecule has 2 fully saturated rings. The predicted octanol–water partition coefficient (Wildman–Crippen LogP) is 6.97. The summed E-state index contributed by atoms with van der Waals surface area (Å²) in [6.45, 7) is 3.48. The van der Waals surface area contributed by atoms with Gasteiger partial charge in [0.05, 0.1) is 0 Å². The van der Waals surface area contributed by atoms with Gasteiger partial charge in [-0.2, -0.15) is 0 Å². The zero-order valence-electron chi connectivity index (χ0n) is 24.8. The molecule has 0 spiro atoms. The van der Waals surface area contributed by atoms with Crippen LogP contribution >= 0.6 is 0 Å². The summed E-state index contributed by atoms with van der Waals surface area (Å²) in [5.74, 6) is 3.32. The van der Waals surface area contributed by atoms with Gasteiger partial charge in [0.15, 0.2) is 11.5 Å². The van der Waals surface area contributed by atoms with Gasteiger partial charge in [0.2, 0.25) is 6.79 Å². The Morgan fingerprint density at radius 3 is 2.26 bits per heavy atom. The summed E-state index contributed by atoms with van der Waals surface area (Å²) in [6, 6.07) is 21.7. The SMILES string of the molecule is CC(=O)OC(CNCC1CCCCC1)COc1ccc(C(=C(c2ccc3c(c2)OCO3)C2CC2)c2ccc(O)cc2)cc1. The first kappa shape index (κ1) is 29.1. The molecule has 0 radical (unpaired) electrons. The van der Waals surface area contributed by atoms with Crippen molar-refractivity contribution in [1.29, 1.82) is 0 Å². The lowest BCUT2D eigenvalue weighted by Crippen LogP contribution is -2.37. The van der Waals surface area contributed by atoms with E-state index in [0.717, 1.165) is 53.1 Å². The Morgan fingerprint density at radius 1 is 0.884 bits per heavy atom. The van der Waals surface area contributed by atoms with E-state index < -0.39 is 0 Å². The number of hydrogen-bond donors (Lipinski definition) is 2. The molecule has 6 rings (SSSR count). The molecule has 1 unspecified atom stereocenters. The standard InChI is InChI=1S/C36H41NO6/c1-24(38)43-32(21-37-20-25-5-3-2-4-6-25)22-40-31-16-11-28(12-17-31)35(27-9-14-30(39)15-10-27)36(26-7-8-26)29-13-18-33-34(19-29)42-23-41-33/h9-19,25-26,32,37,39H,2-8,20-23H2,1H3. The molecule has 0 bridgehead atoms. The quantitative estimate of drug-likeness (QED) is 0.176. The zero-order valence-corrected chi connectivity index (χ0v) is 24.8. The van der Waals surface area contributed by atoms with E-state index in [1.54, 1.807) is 12.1 Å². The van der Waals surface area contributed by atoms with Crippen LogP contribution in [0.15, 0.2) is 66.7 Å². The number of aromatic hydroxyl groups is 1. The normalized spacial score (nSPS) is 17.7. The highest BCUT2D eigenvalue weighted by Gasteiger charge is 2.31. The number of fused-ring (bicyclic) bond motifs is 1. The molecule has 0 amide bonds. The van der Waals surface area contributed by atoms with Gasteiger partial charge >= 0.3 is 5.97 Å². The van der Waals surface area contributed by atoms with Crippen LogP contribution in [0, 0.1) is 11.8 Å². The fraction of sp³-hybridized carbons (Fsp3) is 0.417. The summed E-state index contributed by atoms with van der Waals surface area (Å²) in [5, 5.41) is 13.5. The summed E-state index contributed by atoms with van der Waals surface area (Å²) in [5.41, 5.74) is 5.59. The molecule has 1 aliphatic heterocycles. The second kappa shape index (κ2) is 13.6. The van der Waals surface area contributed by atoms with E-state index in [2.05, 4.69) is 29.6 Å². The lowest BCUT2D eigenvalue weighted by atomic mass is 9.87. The number of phenolic OH excluding ortho intramolecular Hbond substituents is 1. The van der Waals surface area contributed by atoms with Crippen molar-refractivity contribution in [2.45, 2.75) is 58.0 Å². The van der Waals surface area contributed by atoms with Crippen molar-refractivity contribution in [3.63, 3.8) is 0 Å². The number of carbonyl (C=O) groups is 1. The number of esters is 1. The maximum Gasteiger partial charge on any atom is 0.303 e. The lowest BCUT2D eigenvalue weighted by molar-refractivity contribution is -0.147. The monoisotopic (exact) mass is 583 g/mol. The fourth-order valence-corrected chi connectivity index (χ4v) is 6.24. The Hall–Kier alpha value is -3.97. The van der Waals surface area contributed by atoms with E-state index in [9.17, 15) is 9.90 Å². The molecule has 7 nitrogen and oxygen atoms in total. The third kappa shape index (κ3) is 7.52. The Balaban J connectivity index is 1.21. The van der Waals surface area contributed by atoms with E-state index >= 15 is 0 Å². The van der Waals surface area contributed by atoms with Crippen LogP contribution in [0.25, 0.3) is 11.1 Å². The molecule has 7 heteroatoms. The average Bonchev–Trinajstić information content (AvgIpc) is 3.75. The highest BCUT2D eigenvalue weighted by atomic mass is 16.7. The van der Waals surface area contributed by atoms with Gasteiger partial charge in [-0.05, 0) is 108 Å². The first-order valence-corrected chi connectivity index (χ1v) is 15.6. The first-order valence-electron chi connectivity index (χ1n) is 15.6. The Labute approximate surface area is 253 Å². The molecule has 2 aliphatic carbocycles. The molecule has 226 valence electrons. The van der Waals surface area contributed by atoms with Crippen LogP contribution < -0.4 is 19.5 Å². The van der Waals surface area contributed by atoms with Gasteiger partial charge < -0.3 is 29.4 Å². The Bertz CT molecular complexity index is 1420. The number of ether oxygens (including phenoxy) is 4. The average molecular weight is 584 g/mol. The molecule has 3 aromatic rings. The second-order valence-electron chi connectivity index (χ2n) is 11.9. The molecule has 0 saturated heterocycles. The van der Waals surface area contributed by atoms with Crippen molar-refractivity contribution in [2.75, 3.05) is 26.5 Å². The summed E-state index contributed by atoms with van der Waals surface area (Å²) in [6.07, 6.45) is 8.38. The minimum Gasteiger partial charge on any atom is -0.508 e. The van der Waals surface area contributed by atoms with Gasteiger partial charge in [-0.25, -0.2) is 0 Å². The number of rotatable bonds is 12. The van der Waals surface area contributed by atoms with E-state index in [1.807, 2.05) is 30.3 Å². The van der Waals surface area contributed by atoms with Crippen LogP contribution in [0.1, 0.15) is 68.6 Å². The van der Waals surface area contributed by atoms with E-state index in [0.29, 0.717) is 24.1 Å². The maximum absolute atomic E-state index is 11.8. The molecule has 3 aliphatic rings. The van der Waals surface area contributed by atoms with Crippen LogP contribution in [0.4, 0.5) is 0 Å². The van der Waals surface area contributed by atoms with Crippen LogP contribution in [-0.4, -0.2) is 43.7 Å². The molecule has 3 aromatic carbocycles. The summed E-state index contributed by atoms with van der Waals surface area (Å²) in [7, 11) is 0. The van der Waals surface area contributed by atoms with Crippen molar-refractivity contribution in [2.24, 2.45) is 11.8 Å². The third-order valence-electron chi connectivity index (χ3n) is 8.54. The topological polar surface area (TPSA) is 86.3 Å². The minimum atomic E-state index is -0.360. The number of hydrogen-bond acceptors (Lipinski definition) is 7. The number of allylic oxidation sites excluding steroid dienone is 1. The smallest absolute Gasteiger partial charge is 0.303 e. The molecular formula is C36H41NO6. The van der Waals surface area contributed by atoms with Crippen molar-refractivity contribution in [1.82, 2.24) is 5.32 Å². The molecule has 1 heterocycles. The van der Waals surface area contributed by atoms with Crippen molar-refractivity contribution < 1.29 is 28.8 Å². The Morgan fingerprint density at radius 2 is 1.56 bits per heavy atom. The van der Waals surface area contributed by atoms with Crippen molar-refractivity contribution in [3.8, 4) is 23.0 Å². The highest BCUT2D eigenvalue weighted by molar-refractivity contribution is 6.00. The summed E-state index contributed by atoms with van der Waals surface area (Å²) in [4.78, 5) is 11.8. The molecular weight excluding hydrogens is 542 g/mol. The van der Waals surface area contributed by atoms with Gasteiger partial charge in [-0.15, -0.1) is 0 Å². The first-order chi connectivity index (χ1) is 21.0. The van der Waals surface area contributed by atoms with Crippen molar-refractivity contribution >= 4 is 17.1 Å². The Kier molecular flexibility index (Phi) is 9.18. The summed E-state index contributed by atoms with van der Waals surface area (Å²) < 4.78 is 23.0. The van der Waals surface area contributed by atoms with Gasteiger partial charge in [0, 0.05) is 13.5 Å². The molecule has 2 N–H and O–H groups in total. The number of phenols is 1. The van der Waals surface area contributed by atoms with E-state index in [-0.39, 0.29) is 31.2 Å². The van der Waals surface area contributed by atoms with Gasteiger partial charge in [-0.3, -0.25) is 4.79 Å². The number of carbonyl (C=O) groups excluding carboxylic acids is 1. The highest BCUT2D eigenvalue weighted by Crippen LogP contribution is 2.49. The number of nitrogens with one attached hydrogen (secondary N) is 1. The fourth-order valence-electron chi connectivity index (χ4n) is 6.24. The largest absolute Gasteiger partial charge is 0.508 e. The van der Waals surface area contributed by atoms with E-state index in [4.69, 9.17) is 18.9 Å². The third-order valence-corrected chi connectivity index (χ3v) is 8.54. The van der Waals surface area contributed by atoms with Gasteiger partial charge in [-0.1, -0.05) is 49.6 Å². The zero-order chi connectivity index (χ0) is 29.6. The van der Waals surface area contributed by atoms with Gasteiger partial charge in [0.25, 0.3) is 0 Å². The van der Waals surface area contributed by atoms with Crippen LogP contribution in [0.5, 0.6) is 23.0 Å². The summed E-state index contributed by atoms with van der Waals surface area (Å²) >= 11 is 0. The molecule has 1 atom stereocenters. The van der Waals surface area contributed by atoms with Crippen LogP contribution in [0.3, 0.4) is 0 Å². The molecule has 43 heavy (non-hydrogen) atoms. The van der Waals surface area contributed by atoms with Gasteiger partial charge in [0.1, 0.15) is 24.2 Å². The minimum absolute atomic E-state index is 0.235. The van der Waals surface area contributed by atoms with E-state index in [1.165, 1.54) is 44.6 Å². The van der Waals surface area contributed by atoms with Crippen molar-refractivity contribution in [3.05, 3.63) is 83.4 Å². The number of benzene rings is 3. The lowest BCUT2D eigenvalue weighted by Gasteiger charge is -2.24. The maximum atomic E-state index is 11.8.